The number of hydrazone groups is 1. The van der Waals surface area contributed by atoms with E-state index in [2.05, 4.69) is 96.0 Å². The molecule has 2 heteroatoms. The summed E-state index contributed by atoms with van der Waals surface area (Å²) < 4.78 is 0. The molecule has 1 unspecified atom stereocenters. The van der Waals surface area contributed by atoms with Gasteiger partial charge in [0.2, 0.25) is 0 Å². The summed E-state index contributed by atoms with van der Waals surface area (Å²) in [5, 5.41) is 7.19. The van der Waals surface area contributed by atoms with E-state index in [-0.39, 0.29) is 0 Å². The number of nitrogens with zero attached hydrogens (tertiary/aromatic N) is 2. The first-order valence-electron chi connectivity index (χ1n) is 8.38. The third kappa shape index (κ3) is 3.09. The second-order valence-electron chi connectivity index (χ2n) is 6.13. The molecule has 1 heterocycles. The lowest BCUT2D eigenvalue weighted by atomic mass is 9.98. The zero-order valence-electron chi connectivity index (χ0n) is 13.5. The molecule has 118 valence electrons. The van der Waals surface area contributed by atoms with Crippen LogP contribution in [0.3, 0.4) is 0 Å². The Hall–Kier alpha value is -2.87. The third-order valence-electron chi connectivity index (χ3n) is 4.47. The standard InChI is InChI=1S/C22H20N2/c1-4-10-18(11-5-1)17-24-22(20-14-8-3-9-15-20)16-21(23-24)19-12-6-2-7-13-19/h1-15,22H,16-17H2. The fraction of sp³-hybridized carbons (Fsp3) is 0.136. The molecule has 0 bridgehead atoms. The van der Waals surface area contributed by atoms with Crippen LogP contribution >= 0.6 is 0 Å². The van der Waals surface area contributed by atoms with Crippen LogP contribution in [-0.2, 0) is 6.54 Å². The predicted octanol–water partition coefficient (Wildman–Crippen LogP) is 5.04. The molecule has 0 aromatic heterocycles. The van der Waals surface area contributed by atoms with Crippen LogP contribution in [0.4, 0.5) is 0 Å². The molecular weight excluding hydrogens is 292 g/mol. The molecule has 0 spiro atoms. The molecule has 1 aliphatic heterocycles. The summed E-state index contributed by atoms with van der Waals surface area (Å²) in [6.07, 6.45) is 0.945. The minimum Gasteiger partial charge on any atom is -0.284 e. The Labute approximate surface area is 143 Å². The Bertz CT molecular complexity index is 810. The van der Waals surface area contributed by atoms with Crippen LogP contribution in [0.1, 0.15) is 29.2 Å². The first-order chi connectivity index (χ1) is 11.9. The van der Waals surface area contributed by atoms with Crippen molar-refractivity contribution < 1.29 is 0 Å². The molecule has 2 nitrogen and oxygen atoms in total. The van der Waals surface area contributed by atoms with Gasteiger partial charge >= 0.3 is 0 Å². The largest absolute Gasteiger partial charge is 0.284 e. The maximum Gasteiger partial charge on any atom is 0.0780 e. The molecule has 0 N–H and O–H groups in total. The summed E-state index contributed by atoms with van der Waals surface area (Å²) in [7, 11) is 0. The topological polar surface area (TPSA) is 15.6 Å². The first-order valence-corrected chi connectivity index (χ1v) is 8.38. The molecule has 0 fully saturated rings. The summed E-state index contributed by atoms with van der Waals surface area (Å²) in [6, 6.07) is 32.0. The third-order valence-corrected chi connectivity index (χ3v) is 4.47. The molecule has 0 amide bonds. The molecule has 0 radical (unpaired) electrons. The van der Waals surface area contributed by atoms with Crippen LogP contribution in [-0.4, -0.2) is 10.7 Å². The number of rotatable bonds is 4. The van der Waals surface area contributed by atoms with Crippen LogP contribution < -0.4 is 0 Å². The second-order valence-corrected chi connectivity index (χ2v) is 6.13. The molecule has 3 aromatic rings. The Morgan fingerprint density at radius 1 is 0.750 bits per heavy atom. The highest BCUT2D eigenvalue weighted by atomic mass is 15.5. The Balaban J connectivity index is 1.66. The zero-order chi connectivity index (χ0) is 16.2. The van der Waals surface area contributed by atoms with Gasteiger partial charge in [0.1, 0.15) is 0 Å². The Kier molecular flexibility index (Phi) is 4.11. The smallest absolute Gasteiger partial charge is 0.0780 e. The monoisotopic (exact) mass is 312 g/mol. The number of hydrogen-bond acceptors (Lipinski definition) is 2. The lowest BCUT2D eigenvalue weighted by Gasteiger charge is -2.24. The van der Waals surface area contributed by atoms with Crippen molar-refractivity contribution in [2.24, 2.45) is 5.10 Å². The van der Waals surface area contributed by atoms with Crippen LogP contribution in [0.2, 0.25) is 0 Å². The normalized spacial score (nSPS) is 16.9. The highest BCUT2D eigenvalue weighted by molar-refractivity contribution is 6.01. The van der Waals surface area contributed by atoms with E-state index in [0.29, 0.717) is 6.04 Å². The Morgan fingerprint density at radius 2 is 1.33 bits per heavy atom. The van der Waals surface area contributed by atoms with Crippen molar-refractivity contribution in [2.75, 3.05) is 0 Å². The van der Waals surface area contributed by atoms with Crippen molar-refractivity contribution in [3.63, 3.8) is 0 Å². The van der Waals surface area contributed by atoms with E-state index in [1.54, 1.807) is 0 Å². The van der Waals surface area contributed by atoms with Gasteiger partial charge in [-0.05, 0) is 16.7 Å². The maximum absolute atomic E-state index is 4.96. The van der Waals surface area contributed by atoms with Gasteiger partial charge in [0.25, 0.3) is 0 Å². The van der Waals surface area contributed by atoms with Crippen molar-refractivity contribution in [2.45, 2.75) is 19.0 Å². The fourth-order valence-corrected chi connectivity index (χ4v) is 3.24. The van der Waals surface area contributed by atoms with E-state index in [1.807, 2.05) is 0 Å². The van der Waals surface area contributed by atoms with Gasteiger partial charge in [-0.15, -0.1) is 0 Å². The summed E-state index contributed by atoms with van der Waals surface area (Å²) in [6.45, 7) is 0.830. The molecule has 0 saturated carbocycles. The molecule has 0 saturated heterocycles. The average molecular weight is 312 g/mol. The highest BCUT2D eigenvalue weighted by Crippen LogP contribution is 2.33. The van der Waals surface area contributed by atoms with E-state index >= 15 is 0 Å². The lowest BCUT2D eigenvalue weighted by Crippen LogP contribution is -2.19. The van der Waals surface area contributed by atoms with Gasteiger partial charge in [-0.3, -0.25) is 5.01 Å². The van der Waals surface area contributed by atoms with Crippen molar-refractivity contribution in [1.29, 1.82) is 0 Å². The van der Waals surface area contributed by atoms with Gasteiger partial charge in [-0.1, -0.05) is 91.0 Å². The molecule has 1 atom stereocenters. The van der Waals surface area contributed by atoms with E-state index in [9.17, 15) is 0 Å². The van der Waals surface area contributed by atoms with Gasteiger partial charge in [-0.2, -0.15) is 5.10 Å². The van der Waals surface area contributed by atoms with Gasteiger partial charge in [0, 0.05) is 6.42 Å². The van der Waals surface area contributed by atoms with Gasteiger partial charge in [0.15, 0.2) is 0 Å². The predicted molar refractivity (Wildman–Crippen MR) is 98.8 cm³/mol. The lowest BCUT2D eigenvalue weighted by molar-refractivity contribution is 0.224. The van der Waals surface area contributed by atoms with Crippen LogP contribution in [0.25, 0.3) is 0 Å². The highest BCUT2D eigenvalue weighted by Gasteiger charge is 2.28. The molecule has 0 aliphatic carbocycles. The quantitative estimate of drug-likeness (QED) is 0.659. The van der Waals surface area contributed by atoms with E-state index in [0.717, 1.165) is 13.0 Å². The SMILES string of the molecule is c1ccc(CN2N=C(c3ccccc3)CC2c2ccccc2)cc1. The molecule has 1 aliphatic rings. The summed E-state index contributed by atoms with van der Waals surface area (Å²) in [4.78, 5) is 0. The van der Waals surface area contributed by atoms with Crippen LogP contribution in [0.15, 0.2) is 96.1 Å². The Morgan fingerprint density at radius 3 is 2.00 bits per heavy atom. The van der Waals surface area contributed by atoms with E-state index in [4.69, 9.17) is 5.10 Å². The maximum atomic E-state index is 4.96. The van der Waals surface area contributed by atoms with Gasteiger partial charge in [0.05, 0.1) is 18.3 Å². The first kappa shape index (κ1) is 14.7. The van der Waals surface area contributed by atoms with E-state index < -0.39 is 0 Å². The molecule has 24 heavy (non-hydrogen) atoms. The van der Waals surface area contributed by atoms with Crippen molar-refractivity contribution in [3.05, 3.63) is 108 Å². The molecular formula is C22H20N2. The van der Waals surface area contributed by atoms with Gasteiger partial charge < -0.3 is 0 Å². The van der Waals surface area contributed by atoms with Crippen LogP contribution in [0, 0.1) is 0 Å². The van der Waals surface area contributed by atoms with Crippen molar-refractivity contribution in [3.8, 4) is 0 Å². The summed E-state index contributed by atoms with van der Waals surface area (Å²) >= 11 is 0. The van der Waals surface area contributed by atoms with E-state index in [1.165, 1.54) is 22.4 Å². The van der Waals surface area contributed by atoms with Gasteiger partial charge in [-0.25, -0.2) is 0 Å². The van der Waals surface area contributed by atoms with Crippen LogP contribution in [0.5, 0.6) is 0 Å². The minimum atomic E-state index is 0.293. The number of benzene rings is 3. The zero-order valence-corrected chi connectivity index (χ0v) is 13.5. The average Bonchev–Trinajstić information content (AvgIpc) is 3.08. The second kappa shape index (κ2) is 6.71. The molecule has 4 rings (SSSR count). The fourth-order valence-electron chi connectivity index (χ4n) is 3.24. The summed E-state index contributed by atoms with van der Waals surface area (Å²) in [5.74, 6) is 0. The minimum absolute atomic E-state index is 0.293. The summed E-state index contributed by atoms with van der Waals surface area (Å²) in [5.41, 5.74) is 4.99. The molecule has 3 aromatic carbocycles. The van der Waals surface area contributed by atoms with Crippen molar-refractivity contribution in [1.82, 2.24) is 5.01 Å². The number of hydrogen-bond donors (Lipinski definition) is 0. The van der Waals surface area contributed by atoms with Crippen molar-refractivity contribution >= 4 is 5.71 Å².